The van der Waals surface area contributed by atoms with Gasteiger partial charge in [-0.2, -0.15) is 0 Å². The molecule has 0 spiro atoms. The third kappa shape index (κ3) is 4.86. The number of nitrogens with zero attached hydrogens (tertiary/aromatic N) is 2. The minimum absolute atomic E-state index is 0.00513. The molecule has 0 N–H and O–H groups in total. The van der Waals surface area contributed by atoms with Crippen molar-refractivity contribution in [2.24, 2.45) is 0 Å². The number of rotatable bonds is 7. The molecule has 1 aliphatic rings. The fourth-order valence-corrected chi connectivity index (χ4v) is 4.62. The van der Waals surface area contributed by atoms with Crippen molar-refractivity contribution < 1.29 is 22.7 Å². The van der Waals surface area contributed by atoms with E-state index in [-0.39, 0.29) is 16.2 Å². The van der Waals surface area contributed by atoms with Gasteiger partial charge in [0, 0.05) is 32.7 Å². The Morgan fingerprint density at radius 1 is 1.00 bits per heavy atom. The maximum absolute atomic E-state index is 13.1. The van der Waals surface area contributed by atoms with E-state index in [9.17, 15) is 18.0 Å². The van der Waals surface area contributed by atoms with Gasteiger partial charge in [-0.15, -0.1) is 0 Å². The summed E-state index contributed by atoms with van der Waals surface area (Å²) in [5.74, 6) is -1.02. The van der Waals surface area contributed by atoms with Gasteiger partial charge in [0.1, 0.15) is 0 Å². The second-order valence-corrected chi connectivity index (χ2v) is 10.5. The summed E-state index contributed by atoms with van der Waals surface area (Å²) < 4.78 is 31.9. The molecule has 0 aromatic heterocycles. The molecule has 172 valence electrons. The topological polar surface area (TPSA) is 84.0 Å². The van der Waals surface area contributed by atoms with Gasteiger partial charge in [-0.1, -0.05) is 12.1 Å². The van der Waals surface area contributed by atoms with Crippen molar-refractivity contribution in [1.29, 1.82) is 0 Å². The lowest BCUT2D eigenvalue weighted by Gasteiger charge is -2.23. The molecule has 8 heteroatoms. The van der Waals surface area contributed by atoms with Crippen LogP contribution in [-0.4, -0.2) is 57.8 Å². The summed E-state index contributed by atoms with van der Waals surface area (Å²) in [7, 11) is -0.857. The van der Waals surface area contributed by atoms with E-state index in [1.54, 1.807) is 18.2 Å². The zero-order valence-electron chi connectivity index (χ0n) is 19.2. The van der Waals surface area contributed by atoms with Gasteiger partial charge < -0.3 is 9.64 Å². The number of ether oxygens (including phenoxy) is 1. The van der Waals surface area contributed by atoms with Gasteiger partial charge in [-0.25, -0.2) is 17.5 Å². The first kappa shape index (κ1) is 23.9. The Bertz CT molecular complexity index is 1140. The summed E-state index contributed by atoms with van der Waals surface area (Å²) in [4.78, 5) is 28.0. The van der Waals surface area contributed by atoms with Crippen LogP contribution >= 0.6 is 0 Å². The second kappa shape index (κ2) is 9.42. The van der Waals surface area contributed by atoms with Crippen molar-refractivity contribution in [3.63, 3.8) is 0 Å². The van der Waals surface area contributed by atoms with Gasteiger partial charge in [0.2, 0.25) is 15.8 Å². The van der Waals surface area contributed by atoms with Gasteiger partial charge in [0.05, 0.1) is 16.1 Å². The number of hydrogen-bond donors (Lipinski definition) is 0. The highest BCUT2D eigenvalue weighted by molar-refractivity contribution is 7.89. The van der Waals surface area contributed by atoms with Gasteiger partial charge >= 0.3 is 5.97 Å². The molecule has 1 saturated heterocycles. The number of benzene rings is 2. The van der Waals surface area contributed by atoms with Crippen LogP contribution in [0.1, 0.15) is 51.6 Å². The van der Waals surface area contributed by atoms with Gasteiger partial charge in [-0.05, 0) is 69.0 Å². The number of ketones is 1. The number of hydrogen-bond acceptors (Lipinski definition) is 6. The fourth-order valence-electron chi connectivity index (χ4n) is 3.69. The predicted molar refractivity (Wildman–Crippen MR) is 124 cm³/mol. The quantitative estimate of drug-likeness (QED) is 0.466. The van der Waals surface area contributed by atoms with Crippen LogP contribution in [0.15, 0.2) is 41.3 Å². The van der Waals surface area contributed by atoms with E-state index in [1.807, 2.05) is 24.8 Å². The lowest BCUT2D eigenvalue weighted by molar-refractivity contribution is 0.0319. The summed E-state index contributed by atoms with van der Waals surface area (Å²) >= 11 is 0. The molecule has 0 bridgehead atoms. The normalized spacial score (nSPS) is 15.1. The Labute approximate surface area is 190 Å². The zero-order chi connectivity index (χ0) is 23.6. The predicted octanol–water partition coefficient (Wildman–Crippen LogP) is 3.58. The number of aryl methyl sites for hydroxylation is 2. The number of carbonyl (C=O) groups is 2. The van der Waals surface area contributed by atoms with Gasteiger partial charge in [0.25, 0.3) is 0 Å². The lowest BCUT2D eigenvalue weighted by Crippen LogP contribution is -2.28. The van der Waals surface area contributed by atoms with Crippen molar-refractivity contribution in [2.45, 2.75) is 44.6 Å². The Morgan fingerprint density at radius 2 is 1.66 bits per heavy atom. The smallest absolute Gasteiger partial charge is 0.341 e. The highest BCUT2D eigenvalue weighted by atomic mass is 32.2. The molecule has 1 heterocycles. The first-order valence-corrected chi connectivity index (χ1v) is 12.1. The number of carbonyl (C=O) groups excluding carboxylic acids is 2. The fraction of sp³-hybridized carbons (Fsp3) is 0.417. The third-order valence-corrected chi connectivity index (χ3v) is 7.67. The van der Waals surface area contributed by atoms with E-state index >= 15 is 0 Å². The Balaban J connectivity index is 1.92. The lowest BCUT2D eigenvalue weighted by atomic mass is 10.0. The monoisotopic (exact) mass is 458 g/mol. The maximum atomic E-state index is 13.1. The zero-order valence-corrected chi connectivity index (χ0v) is 20.0. The van der Waals surface area contributed by atoms with Crippen LogP contribution in [0, 0.1) is 13.8 Å². The molecule has 1 unspecified atom stereocenters. The molecule has 1 fully saturated rings. The van der Waals surface area contributed by atoms with E-state index < -0.39 is 22.1 Å². The Hall–Kier alpha value is -2.71. The number of anilines is 1. The molecular weight excluding hydrogens is 428 g/mol. The Morgan fingerprint density at radius 3 is 2.25 bits per heavy atom. The number of sulfonamides is 1. The molecular formula is C24H30N2O5S. The minimum atomic E-state index is -3.73. The third-order valence-electron chi connectivity index (χ3n) is 5.86. The first-order chi connectivity index (χ1) is 15.0. The van der Waals surface area contributed by atoms with E-state index in [1.165, 1.54) is 33.2 Å². The van der Waals surface area contributed by atoms with Gasteiger partial charge in [0.15, 0.2) is 6.10 Å². The number of esters is 1. The highest BCUT2D eigenvalue weighted by Crippen LogP contribution is 2.29. The van der Waals surface area contributed by atoms with Crippen LogP contribution in [-0.2, 0) is 14.8 Å². The van der Waals surface area contributed by atoms with Crippen molar-refractivity contribution >= 4 is 27.5 Å². The average Bonchev–Trinajstić information content (AvgIpc) is 3.29. The minimum Gasteiger partial charge on any atom is -0.451 e. The molecule has 2 aromatic carbocycles. The first-order valence-electron chi connectivity index (χ1n) is 10.7. The molecule has 0 aliphatic carbocycles. The summed E-state index contributed by atoms with van der Waals surface area (Å²) in [6.07, 6.45) is 0.979. The van der Waals surface area contributed by atoms with Crippen LogP contribution in [0.3, 0.4) is 0 Å². The van der Waals surface area contributed by atoms with E-state index in [2.05, 4.69) is 0 Å². The Kier molecular flexibility index (Phi) is 7.05. The van der Waals surface area contributed by atoms with E-state index in [4.69, 9.17) is 4.74 Å². The van der Waals surface area contributed by atoms with Crippen molar-refractivity contribution in [3.8, 4) is 0 Å². The van der Waals surface area contributed by atoms with Crippen LogP contribution in [0.25, 0.3) is 0 Å². The molecule has 3 rings (SSSR count). The van der Waals surface area contributed by atoms with E-state index in [0.717, 1.165) is 41.4 Å². The largest absolute Gasteiger partial charge is 0.451 e. The summed E-state index contributed by atoms with van der Waals surface area (Å²) in [5, 5.41) is 0. The molecule has 1 atom stereocenters. The second-order valence-electron chi connectivity index (χ2n) is 8.37. The molecule has 0 amide bonds. The van der Waals surface area contributed by atoms with E-state index in [0.29, 0.717) is 11.3 Å². The number of Topliss-reactive ketones (excluding diaryl/α,β-unsaturated/α-hetero) is 1. The summed E-state index contributed by atoms with van der Waals surface area (Å²) in [6.45, 7) is 6.96. The molecule has 0 saturated carbocycles. The maximum Gasteiger partial charge on any atom is 0.341 e. The highest BCUT2D eigenvalue weighted by Gasteiger charge is 2.27. The molecule has 1 aliphatic heterocycles. The molecule has 2 aromatic rings. The van der Waals surface area contributed by atoms with Gasteiger partial charge in [-0.3, -0.25) is 4.79 Å². The van der Waals surface area contributed by atoms with Crippen molar-refractivity contribution in [3.05, 3.63) is 58.7 Å². The molecule has 0 radical (unpaired) electrons. The molecule has 32 heavy (non-hydrogen) atoms. The standard InChI is InChI=1S/C24H30N2O5S/c1-16-8-9-19(14-17(16)2)23(27)18(3)31-24(28)21-15-20(32(29,30)25(4)5)10-11-22(21)26-12-6-7-13-26/h8-11,14-15,18H,6-7,12-13H2,1-5H3. The molecule has 7 nitrogen and oxygen atoms in total. The van der Waals surface area contributed by atoms with Crippen molar-refractivity contribution in [1.82, 2.24) is 4.31 Å². The van der Waals surface area contributed by atoms with Crippen molar-refractivity contribution in [2.75, 3.05) is 32.1 Å². The van der Waals surface area contributed by atoms with Crippen LogP contribution < -0.4 is 4.90 Å². The van der Waals surface area contributed by atoms with Crippen LogP contribution in [0.5, 0.6) is 0 Å². The average molecular weight is 459 g/mol. The summed E-state index contributed by atoms with van der Waals surface area (Å²) in [6, 6.07) is 9.85. The SMILES string of the molecule is Cc1ccc(C(=O)C(C)OC(=O)c2cc(S(=O)(=O)N(C)C)ccc2N2CCCC2)cc1C. The summed E-state index contributed by atoms with van der Waals surface area (Å²) in [5.41, 5.74) is 3.29. The van der Waals surface area contributed by atoms with Crippen LogP contribution in [0.4, 0.5) is 5.69 Å². The van der Waals surface area contributed by atoms with Crippen LogP contribution in [0.2, 0.25) is 0 Å².